The predicted octanol–water partition coefficient (Wildman–Crippen LogP) is 8.98. The zero-order valence-corrected chi connectivity index (χ0v) is 24.2. The molecule has 6 rings (SSSR count). The van der Waals surface area contributed by atoms with E-state index >= 15 is 0 Å². The minimum absolute atomic E-state index is 0.168. The number of pyridine rings is 2. The SMILES string of the molecule is Cc1c2c(c(CC(C)(C)C)c3cnccc13)Sc1c3ccc(CC(C)(C)C)cc3cc3cc[n+](C)c-2c13. The van der Waals surface area contributed by atoms with E-state index in [4.69, 9.17) is 0 Å². The number of aryl methyl sites for hydroxylation is 2. The van der Waals surface area contributed by atoms with Crippen molar-refractivity contribution in [2.75, 3.05) is 0 Å². The molecule has 3 aromatic carbocycles. The molecule has 2 aromatic heterocycles. The second kappa shape index (κ2) is 8.30. The third kappa shape index (κ3) is 4.12. The van der Waals surface area contributed by atoms with E-state index in [0.717, 1.165) is 12.8 Å². The van der Waals surface area contributed by atoms with Gasteiger partial charge in [-0.15, -0.1) is 0 Å². The second-order valence-corrected chi connectivity index (χ2v) is 14.3. The topological polar surface area (TPSA) is 16.8 Å². The highest BCUT2D eigenvalue weighted by Gasteiger charge is 2.33. The first-order valence-corrected chi connectivity index (χ1v) is 14.2. The molecule has 0 bridgehead atoms. The number of benzene rings is 3. The summed E-state index contributed by atoms with van der Waals surface area (Å²) in [5, 5.41) is 8.04. The van der Waals surface area contributed by atoms with Gasteiger partial charge in [-0.05, 0) is 81.0 Å². The van der Waals surface area contributed by atoms with E-state index in [1.54, 1.807) is 0 Å². The van der Waals surface area contributed by atoms with Crippen molar-refractivity contribution in [1.82, 2.24) is 4.98 Å². The van der Waals surface area contributed by atoms with Gasteiger partial charge in [0.2, 0.25) is 5.69 Å². The van der Waals surface area contributed by atoms with Crippen LogP contribution in [-0.2, 0) is 19.9 Å². The summed E-state index contributed by atoms with van der Waals surface area (Å²) in [4.78, 5) is 7.37. The monoisotopic (exact) mass is 505 g/mol. The summed E-state index contributed by atoms with van der Waals surface area (Å²) in [6, 6.07) is 14.0. The molecule has 0 fully saturated rings. The summed E-state index contributed by atoms with van der Waals surface area (Å²) in [7, 11) is 2.20. The molecule has 0 atom stereocenters. The summed E-state index contributed by atoms with van der Waals surface area (Å²) >= 11 is 1.99. The maximum Gasteiger partial charge on any atom is 0.222 e. The highest BCUT2D eigenvalue weighted by atomic mass is 32.2. The molecule has 2 nitrogen and oxygen atoms in total. The van der Waals surface area contributed by atoms with Crippen LogP contribution >= 0.6 is 11.8 Å². The van der Waals surface area contributed by atoms with Crippen molar-refractivity contribution in [3.05, 3.63) is 71.7 Å². The summed E-state index contributed by atoms with van der Waals surface area (Å²) in [6.07, 6.45) is 8.36. The minimum atomic E-state index is 0.168. The molecule has 3 heterocycles. The molecule has 0 unspecified atom stereocenters. The van der Waals surface area contributed by atoms with Gasteiger partial charge in [0, 0.05) is 33.6 Å². The van der Waals surface area contributed by atoms with Gasteiger partial charge in [-0.3, -0.25) is 4.98 Å². The highest BCUT2D eigenvalue weighted by molar-refractivity contribution is 8.00. The van der Waals surface area contributed by atoms with E-state index in [9.17, 15) is 0 Å². The maximum absolute atomic E-state index is 4.57. The summed E-state index contributed by atoms with van der Waals surface area (Å²) in [5.41, 5.74) is 7.37. The molecule has 0 spiro atoms. The maximum atomic E-state index is 4.57. The van der Waals surface area contributed by atoms with Crippen molar-refractivity contribution in [1.29, 1.82) is 0 Å². The molecule has 188 valence electrons. The number of hydrogen-bond acceptors (Lipinski definition) is 2. The van der Waals surface area contributed by atoms with Gasteiger partial charge in [0.05, 0.1) is 10.9 Å². The van der Waals surface area contributed by atoms with Gasteiger partial charge in [0.25, 0.3) is 0 Å². The van der Waals surface area contributed by atoms with E-state index in [1.165, 1.54) is 70.1 Å². The fourth-order valence-corrected chi connectivity index (χ4v) is 7.61. The summed E-state index contributed by atoms with van der Waals surface area (Å²) in [5.74, 6) is 0. The van der Waals surface area contributed by atoms with Crippen molar-refractivity contribution in [2.24, 2.45) is 17.9 Å². The first-order chi connectivity index (χ1) is 17.4. The normalized spacial score (nSPS) is 13.5. The molecule has 1 aliphatic rings. The molecule has 0 saturated heterocycles. The number of aromatic nitrogens is 2. The van der Waals surface area contributed by atoms with Crippen molar-refractivity contribution < 1.29 is 4.57 Å². The van der Waals surface area contributed by atoms with Gasteiger partial charge < -0.3 is 0 Å². The van der Waals surface area contributed by atoms with E-state index in [1.807, 2.05) is 18.0 Å². The van der Waals surface area contributed by atoms with Gasteiger partial charge >= 0.3 is 0 Å². The Bertz CT molecular complexity index is 1730. The molecular weight excluding hydrogens is 468 g/mol. The predicted molar refractivity (Wildman–Crippen MR) is 159 cm³/mol. The van der Waals surface area contributed by atoms with Crippen LogP contribution < -0.4 is 4.57 Å². The van der Waals surface area contributed by atoms with E-state index in [-0.39, 0.29) is 10.8 Å². The molecule has 37 heavy (non-hydrogen) atoms. The Labute approximate surface area is 225 Å². The van der Waals surface area contributed by atoms with Crippen molar-refractivity contribution in [3.8, 4) is 11.3 Å². The Balaban J connectivity index is 1.72. The average Bonchev–Trinajstić information content (AvgIpc) is 2.81. The van der Waals surface area contributed by atoms with Crippen LogP contribution in [0, 0.1) is 17.8 Å². The summed E-state index contributed by atoms with van der Waals surface area (Å²) < 4.78 is 2.34. The Kier molecular flexibility index (Phi) is 5.48. The highest BCUT2D eigenvalue weighted by Crippen LogP contribution is 2.54. The molecule has 0 N–H and O–H groups in total. The van der Waals surface area contributed by atoms with Crippen molar-refractivity contribution in [3.63, 3.8) is 0 Å². The zero-order valence-electron chi connectivity index (χ0n) is 23.4. The molecule has 0 radical (unpaired) electrons. The lowest BCUT2D eigenvalue weighted by atomic mass is 9.83. The van der Waals surface area contributed by atoms with Crippen LogP contribution in [0.4, 0.5) is 0 Å². The molecule has 0 amide bonds. The fraction of sp³-hybridized carbons (Fsp3) is 0.353. The van der Waals surface area contributed by atoms with Crippen molar-refractivity contribution >= 4 is 44.1 Å². The number of nitrogens with zero attached hydrogens (tertiary/aromatic N) is 2. The zero-order chi connectivity index (χ0) is 26.3. The molecule has 5 aromatic rings. The first-order valence-electron chi connectivity index (χ1n) is 13.4. The van der Waals surface area contributed by atoms with Crippen LogP contribution in [0.1, 0.15) is 58.2 Å². The minimum Gasteiger partial charge on any atom is -0.264 e. The smallest absolute Gasteiger partial charge is 0.222 e. The van der Waals surface area contributed by atoms with E-state index < -0.39 is 0 Å². The average molecular weight is 506 g/mol. The van der Waals surface area contributed by atoms with Crippen LogP contribution in [0.25, 0.3) is 43.6 Å². The Hall–Kier alpha value is -2.91. The largest absolute Gasteiger partial charge is 0.264 e. The third-order valence-corrected chi connectivity index (χ3v) is 8.85. The molecule has 3 heteroatoms. The van der Waals surface area contributed by atoms with Gasteiger partial charge in [0.1, 0.15) is 7.05 Å². The first kappa shape index (κ1) is 24.4. The quantitative estimate of drug-likeness (QED) is 0.172. The van der Waals surface area contributed by atoms with Crippen LogP contribution in [0.15, 0.2) is 64.8 Å². The standard InChI is InChI=1S/C34H37N2S/c1-20-24-11-13-35-19-27(24)26(18-34(5,6)7)32-28(20)30-29-22(12-14-36(30)8)16-23-15-21(17-33(2,3)4)9-10-25(23)31(29)37-32/h9-16,19H,17-18H2,1-8H3/q+1. The fourth-order valence-electron chi connectivity index (χ4n) is 6.14. The third-order valence-electron chi connectivity index (χ3n) is 7.56. The molecule has 0 saturated carbocycles. The van der Waals surface area contributed by atoms with Crippen LogP contribution in [0.2, 0.25) is 0 Å². The van der Waals surface area contributed by atoms with Crippen molar-refractivity contribution in [2.45, 2.75) is 71.1 Å². The van der Waals surface area contributed by atoms with Crippen LogP contribution in [-0.4, -0.2) is 4.98 Å². The summed E-state index contributed by atoms with van der Waals surface area (Å²) in [6.45, 7) is 16.3. The second-order valence-electron chi connectivity index (χ2n) is 13.3. The Morgan fingerprint density at radius 3 is 2.30 bits per heavy atom. The Morgan fingerprint density at radius 1 is 0.811 bits per heavy atom. The van der Waals surface area contributed by atoms with Gasteiger partial charge in [-0.2, -0.15) is 0 Å². The lowest BCUT2D eigenvalue weighted by molar-refractivity contribution is -0.659. The van der Waals surface area contributed by atoms with Crippen LogP contribution in [0.3, 0.4) is 0 Å². The van der Waals surface area contributed by atoms with Crippen LogP contribution in [0.5, 0.6) is 0 Å². The van der Waals surface area contributed by atoms with Gasteiger partial charge in [0.15, 0.2) is 6.20 Å². The molecular formula is C34H37N2S+. The number of fused-ring (bicyclic) bond motifs is 5. The lowest BCUT2D eigenvalue weighted by Gasteiger charge is -2.28. The van der Waals surface area contributed by atoms with E-state index in [0.29, 0.717) is 0 Å². The lowest BCUT2D eigenvalue weighted by Crippen LogP contribution is -2.32. The van der Waals surface area contributed by atoms with E-state index in [2.05, 4.69) is 114 Å². The number of rotatable bonds is 2. The van der Waals surface area contributed by atoms with Gasteiger partial charge in [-0.25, -0.2) is 4.57 Å². The van der Waals surface area contributed by atoms with Gasteiger partial charge in [-0.1, -0.05) is 71.5 Å². The molecule has 1 aliphatic heterocycles. The Morgan fingerprint density at radius 2 is 1.57 bits per heavy atom. The molecule has 0 aliphatic carbocycles. The number of hydrogen-bond donors (Lipinski definition) is 0.